The molecule has 53 heavy (non-hydrogen) atoms. The summed E-state index contributed by atoms with van der Waals surface area (Å²) < 4.78 is 0. The van der Waals surface area contributed by atoms with Gasteiger partial charge in [0.15, 0.2) is 17.5 Å². The molecular weight excluding hydrogens is 643 g/mol. The van der Waals surface area contributed by atoms with Crippen LogP contribution in [0.2, 0.25) is 0 Å². The molecule has 3 atom stereocenters. The highest BCUT2D eigenvalue weighted by Gasteiger charge is 2.45. The molecule has 4 aliphatic rings. The first-order valence-electron chi connectivity index (χ1n) is 18.7. The summed E-state index contributed by atoms with van der Waals surface area (Å²) in [5.41, 5.74) is 12.4. The van der Waals surface area contributed by atoms with E-state index in [1.807, 2.05) is 36.4 Å². The van der Waals surface area contributed by atoms with Crippen molar-refractivity contribution in [3.63, 3.8) is 0 Å². The highest BCUT2D eigenvalue weighted by molar-refractivity contribution is 5.95. The first-order valence-corrected chi connectivity index (χ1v) is 18.7. The summed E-state index contributed by atoms with van der Waals surface area (Å²) in [7, 11) is 0. The highest BCUT2D eigenvalue weighted by Crippen LogP contribution is 2.58. The average Bonchev–Trinajstić information content (AvgIpc) is 3.45. The number of benzene rings is 5. The molecule has 254 valence electrons. The van der Waals surface area contributed by atoms with E-state index in [1.54, 1.807) is 5.57 Å². The molecule has 0 aliphatic heterocycles. The van der Waals surface area contributed by atoms with E-state index in [4.69, 9.17) is 15.0 Å². The smallest absolute Gasteiger partial charge is 0.164 e. The molecule has 3 nitrogen and oxygen atoms in total. The maximum Gasteiger partial charge on any atom is 0.164 e. The van der Waals surface area contributed by atoms with Crippen molar-refractivity contribution in [3.05, 3.63) is 190 Å². The summed E-state index contributed by atoms with van der Waals surface area (Å²) in [6.07, 6.45) is 17.9. The number of hydrogen-bond acceptors (Lipinski definition) is 3. The first kappa shape index (κ1) is 31.5. The Morgan fingerprint density at radius 1 is 0.547 bits per heavy atom. The van der Waals surface area contributed by atoms with E-state index in [1.165, 1.54) is 38.3 Å². The molecule has 3 heteroatoms. The topological polar surface area (TPSA) is 38.7 Å². The quantitative estimate of drug-likeness (QED) is 0.182. The monoisotopic (exact) mass is 681 g/mol. The van der Waals surface area contributed by atoms with Gasteiger partial charge in [-0.05, 0) is 68.0 Å². The van der Waals surface area contributed by atoms with Crippen LogP contribution in [-0.4, -0.2) is 15.0 Å². The van der Waals surface area contributed by atoms with Crippen molar-refractivity contribution in [1.29, 1.82) is 0 Å². The Labute approximate surface area is 310 Å². The highest BCUT2D eigenvalue weighted by atomic mass is 15.0. The third-order valence-corrected chi connectivity index (χ3v) is 11.6. The van der Waals surface area contributed by atoms with Crippen LogP contribution in [0.25, 0.3) is 63.0 Å². The molecule has 0 N–H and O–H groups in total. The Hall–Kier alpha value is -6.19. The second-order valence-corrected chi connectivity index (χ2v) is 15.1. The molecule has 4 aliphatic carbocycles. The summed E-state index contributed by atoms with van der Waals surface area (Å²) in [5, 5.41) is 2.69. The molecule has 5 aromatic carbocycles. The number of hydrogen-bond donors (Lipinski definition) is 0. The fourth-order valence-corrected chi connectivity index (χ4v) is 8.93. The van der Waals surface area contributed by atoms with Crippen molar-refractivity contribution < 1.29 is 0 Å². The lowest BCUT2D eigenvalue weighted by atomic mass is 9.66. The second kappa shape index (κ2) is 12.5. The Kier molecular flexibility index (Phi) is 7.43. The van der Waals surface area contributed by atoms with Crippen molar-refractivity contribution in [2.75, 3.05) is 0 Å². The SMILES string of the molecule is CC1(C)C2=CC3C=CC=CC3C(C3C=c4ccccc4=CC3)=C2c2ccc(-c3cccc(-c4nc(-c5ccccc5)nc(-c5ccccc5)n4)c3)cc21. The zero-order valence-electron chi connectivity index (χ0n) is 29.9. The fourth-order valence-electron chi connectivity index (χ4n) is 8.93. The minimum Gasteiger partial charge on any atom is -0.208 e. The lowest BCUT2D eigenvalue weighted by molar-refractivity contribution is 0.553. The predicted molar refractivity (Wildman–Crippen MR) is 218 cm³/mol. The van der Waals surface area contributed by atoms with Crippen molar-refractivity contribution in [3.8, 4) is 45.3 Å². The van der Waals surface area contributed by atoms with E-state index >= 15 is 0 Å². The van der Waals surface area contributed by atoms with E-state index < -0.39 is 0 Å². The Morgan fingerprint density at radius 2 is 1.15 bits per heavy atom. The normalized spacial score (nSPS) is 20.3. The van der Waals surface area contributed by atoms with E-state index in [0.29, 0.717) is 35.2 Å². The number of aromatic nitrogens is 3. The average molecular weight is 682 g/mol. The van der Waals surface area contributed by atoms with Crippen LogP contribution in [0, 0.1) is 17.8 Å². The van der Waals surface area contributed by atoms with Gasteiger partial charge in [-0.15, -0.1) is 0 Å². The van der Waals surface area contributed by atoms with Crippen LogP contribution in [0.3, 0.4) is 0 Å². The molecule has 3 unspecified atom stereocenters. The van der Waals surface area contributed by atoms with Gasteiger partial charge in [-0.2, -0.15) is 0 Å². The number of allylic oxidation sites excluding steroid dienone is 8. The standard InChI is InChI=1S/C50H39N3/c1-50(2)43-30-37(36-21-13-22-40(29-36)49-52-47(33-15-5-3-6-16-33)51-48(53-49)34-17-7-4-8-18-34)26-27-42(43)46-44(50)31-38-20-11-12-23-41(38)45(46)39-25-24-32-14-9-10-19-35(32)28-39/h3-24,26-31,38-39,41H,25H2,1-2H3. The number of nitrogens with zero attached hydrogens (tertiary/aromatic N) is 3. The third kappa shape index (κ3) is 5.38. The van der Waals surface area contributed by atoms with Crippen LogP contribution in [0.5, 0.6) is 0 Å². The van der Waals surface area contributed by atoms with E-state index in [2.05, 4.69) is 147 Å². The van der Waals surface area contributed by atoms with Crippen LogP contribution in [-0.2, 0) is 5.41 Å². The number of fused-ring (bicyclic) bond motifs is 5. The first-order chi connectivity index (χ1) is 26.0. The molecule has 0 amide bonds. The Morgan fingerprint density at radius 3 is 1.89 bits per heavy atom. The van der Waals surface area contributed by atoms with Gasteiger partial charge in [-0.3, -0.25) is 0 Å². The van der Waals surface area contributed by atoms with Crippen molar-refractivity contribution in [2.24, 2.45) is 17.8 Å². The molecule has 0 radical (unpaired) electrons. The fraction of sp³-hybridized carbons (Fsp3) is 0.140. The van der Waals surface area contributed by atoms with E-state index in [0.717, 1.165) is 28.7 Å². The van der Waals surface area contributed by atoms with Gasteiger partial charge >= 0.3 is 0 Å². The minimum atomic E-state index is -0.136. The summed E-state index contributed by atoms with van der Waals surface area (Å²) in [6.45, 7) is 4.83. The van der Waals surface area contributed by atoms with Gasteiger partial charge in [-0.25, -0.2) is 15.0 Å². The van der Waals surface area contributed by atoms with E-state index in [-0.39, 0.29) is 5.41 Å². The lowest BCUT2D eigenvalue weighted by Gasteiger charge is -2.37. The van der Waals surface area contributed by atoms with Gasteiger partial charge < -0.3 is 0 Å². The van der Waals surface area contributed by atoms with Crippen LogP contribution < -0.4 is 10.4 Å². The zero-order valence-corrected chi connectivity index (χ0v) is 29.9. The Balaban J connectivity index is 1.09. The molecule has 6 aromatic rings. The third-order valence-electron chi connectivity index (χ3n) is 11.6. The van der Waals surface area contributed by atoms with Crippen molar-refractivity contribution in [1.82, 2.24) is 15.0 Å². The minimum absolute atomic E-state index is 0.136. The Bertz CT molecular complexity index is 2620. The van der Waals surface area contributed by atoms with Crippen LogP contribution >= 0.6 is 0 Å². The maximum absolute atomic E-state index is 5.01. The largest absolute Gasteiger partial charge is 0.208 e. The van der Waals surface area contributed by atoms with Gasteiger partial charge in [0.1, 0.15) is 0 Å². The van der Waals surface area contributed by atoms with Crippen molar-refractivity contribution in [2.45, 2.75) is 25.7 Å². The van der Waals surface area contributed by atoms with Gasteiger partial charge in [0.2, 0.25) is 0 Å². The summed E-state index contributed by atoms with van der Waals surface area (Å²) in [5.74, 6) is 3.08. The van der Waals surface area contributed by atoms with Crippen LogP contribution in [0.15, 0.2) is 169 Å². The molecule has 1 aromatic heterocycles. The van der Waals surface area contributed by atoms with Gasteiger partial charge in [0.25, 0.3) is 0 Å². The van der Waals surface area contributed by atoms with Crippen LogP contribution in [0.4, 0.5) is 0 Å². The molecular formula is C50H39N3. The summed E-state index contributed by atoms with van der Waals surface area (Å²) in [4.78, 5) is 14.9. The van der Waals surface area contributed by atoms with Crippen LogP contribution in [0.1, 0.15) is 31.4 Å². The zero-order chi connectivity index (χ0) is 35.5. The van der Waals surface area contributed by atoms with Crippen molar-refractivity contribution >= 4 is 17.7 Å². The van der Waals surface area contributed by atoms with Gasteiger partial charge in [0.05, 0.1) is 0 Å². The summed E-state index contributed by atoms with van der Waals surface area (Å²) in [6, 6.07) is 45.0. The summed E-state index contributed by atoms with van der Waals surface area (Å²) >= 11 is 0. The van der Waals surface area contributed by atoms with Gasteiger partial charge in [0, 0.05) is 39.9 Å². The molecule has 0 spiro atoms. The number of rotatable bonds is 5. The molecule has 1 heterocycles. The van der Waals surface area contributed by atoms with Gasteiger partial charge in [-0.1, -0.05) is 172 Å². The lowest BCUT2D eigenvalue weighted by Crippen LogP contribution is -2.32. The molecule has 0 saturated carbocycles. The maximum atomic E-state index is 5.01. The molecule has 10 rings (SSSR count). The second-order valence-electron chi connectivity index (χ2n) is 15.1. The molecule has 0 fully saturated rings. The van der Waals surface area contributed by atoms with E-state index in [9.17, 15) is 0 Å². The predicted octanol–water partition coefficient (Wildman–Crippen LogP) is 10.2. The molecule has 0 bridgehead atoms. The molecule has 0 saturated heterocycles.